The van der Waals surface area contributed by atoms with Crippen LogP contribution in [0, 0.1) is 6.92 Å². The maximum atomic E-state index is 11.9. The van der Waals surface area contributed by atoms with E-state index in [0.29, 0.717) is 12.8 Å². The largest absolute Gasteiger partial charge is 0.362 e. The summed E-state index contributed by atoms with van der Waals surface area (Å²) in [7, 11) is -1.67. The summed E-state index contributed by atoms with van der Waals surface area (Å²) in [4.78, 5) is 16.0. The predicted octanol–water partition coefficient (Wildman–Crippen LogP) is 1.36. The first-order valence-corrected chi connectivity index (χ1v) is 8.15. The zero-order chi connectivity index (χ0) is 16.0. The molecular weight excluding hydrogens is 292 g/mol. The maximum absolute atomic E-state index is 11.9. The van der Waals surface area contributed by atoms with Gasteiger partial charge in [0.05, 0.1) is 19.5 Å². The van der Waals surface area contributed by atoms with Gasteiger partial charge in [-0.1, -0.05) is 29.8 Å². The number of hydrogen-bond acceptors (Lipinski definition) is 5. The summed E-state index contributed by atoms with van der Waals surface area (Å²) in [5.41, 5.74) is 1.96. The second-order valence-corrected chi connectivity index (χ2v) is 6.43. The highest BCUT2D eigenvalue weighted by molar-refractivity contribution is 7.85. The first-order chi connectivity index (χ1) is 9.65. The molecule has 21 heavy (non-hydrogen) atoms. The molecule has 0 bridgehead atoms. The first-order valence-electron chi connectivity index (χ1n) is 6.30. The van der Waals surface area contributed by atoms with Crippen molar-refractivity contribution >= 4 is 15.9 Å². The van der Waals surface area contributed by atoms with Gasteiger partial charge in [0, 0.05) is 25.0 Å². The highest BCUT2D eigenvalue weighted by Crippen LogP contribution is 2.08. The molecule has 7 heteroatoms. The van der Waals surface area contributed by atoms with E-state index >= 15 is 0 Å². The Balaban J connectivity index is 0.000000383. The molecule has 0 amide bonds. The van der Waals surface area contributed by atoms with Crippen LogP contribution < -0.4 is 0 Å². The number of carbonyl (C=O) groups excluding carboxylic acids is 1. The van der Waals surface area contributed by atoms with Gasteiger partial charge in [-0.05, 0) is 6.92 Å². The maximum Gasteiger partial charge on any atom is 0.261 e. The Morgan fingerprint density at radius 1 is 1.24 bits per heavy atom. The van der Waals surface area contributed by atoms with Gasteiger partial charge in [-0.15, -0.1) is 0 Å². The molecule has 6 nitrogen and oxygen atoms in total. The second kappa shape index (κ2) is 7.24. The van der Waals surface area contributed by atoms with Crippen LogP contribution in [-0.4, -0.2) is 55.1 Å². The molecule has 1 heterocycles. The standard InChI is InChI=1S/C13H16N2O.CH4O3S/c1-11-3-5-12(6-4-11)13(16)9-15-8-7-14(2)10-15;1-5(2,3)4/h3-8H,9-10H2,1-2H3;1H3,(H,2,3,4). The molecular formula is C14H20N2O4S. The third-order valence-corrected chi connectivity index (χ3v) is 2.66. The lowest BCUT2D eigenvalue weighted by Gasteiger charge is -2.17. The quantitative estimate of drug-likeness (QED) is 0.671. The summed E-state index contributed by atoms with van der Waals surface area (Å²) in [5.74, 6) is 0.167. The van der Waals surface area contributed by atoms with E-state index in [1.807, 2.05) is 60.4 Å². The van der Waals surface area contributed by atoms with E-state index < -0.39 is 10.1 Å². The van der Waals surface area contributed by atoms with Crippen LogP contribution in [-0.2, 0) is 10.1 Å². The monoisotopic (exact) mass is 312 g/mol. The fourth-order valence-electron chi connectivity index (χ4n) is 1.71. The fourth-order valence-corrected chi connectivity index (χ4v) is 1.71. The second-order valence-electron chi connectivity index (χ2n) is 4.97. The van der Waals surface area contributed by atoms with E-state index in [1.165, 1.54) is 5.56 Å². The van der Waals surface area contributed by atoms with Crippen molar-refractivity contribution in [1.82, 2.24) is 9.80 Å². The summed E-state index contributed by atoms with van der Waals surface area (Å²) in [5, 5.41) is 0. The van der Waals surface area contributed by atoms with Gasteiger partial charge in [-0.2, -0.15) is 8.42 Å². The third-order valence-electron chi connectivity index (χ3n) is 2.66. The zero-order valence-electron chi connectivity index (χ0n) is 12.4. The number of hydrogen-bond donors (Lipinski definition) is 1. The van der Waals surface area contributed by atoms with Gasteiger partial charge in [0.1, 0.15) is 0 Å². The van der Waals surface area contributed by atoms with E-state index in [0.717, 1.165) is 12.2 Å². The number of Topliss-reactive ketones (excluding diaryl/α,β-unsaturated/α-hetero) is 1. The number of carbonyl (C=O) groups is 1. The zero-order valence-corrected chi connectivity index (χ0v) is 13.2. The van der Waals surface area contributed by atoms with Crippen molar-refractivity contribution in [2.75, 3.05) is 26.5 Å². The first kappa shape index (κ1) is 17.2. The lowest BCUT2D eigenvalue weighted by molar-refractivity contribution is 0.0948. The van der Waals surface area contributed by atoms with Crippen molar-refractivity contribution in [2.24, 2.45) is 0 Å². The molecule has 0 unspecified atom stereocenters. The summed E-state index contributed by atoms with van der Waals surface area (Å²) in [6.07, 6.45) is 4.64. The van der Waals surface area contributed by atoms with E-state index in [1.54, 1.807) is 0 Å². The van der Waals surface area contributed by atoms with Crippen LogP contribution in [0.5, 0.6) is 0 Å². The van der Waals surface area contributed by atoms with Crippen molar-refractivity contribution in [2.45, 2.75) is 6.92 Å². The molecule has 2 rings (SSSR count). The average molecular weight is 312 g/mol. The van der Waals surface area contributed by atoms with Crippen LogP contribution in [0.3, 0.4) is 0 Å². The van der Waals surface area contributed by atoms with Gasteiger partial charge in [0.2, 0.25) is 0 Å². The van der Waals surface area contributed by atoms with Crippen molar-refractivity contribution in [3.05, 3.63) is 47.8 Å². The van der Waals surface area contributed by atoms with Gasteiger partial charge in [-0.25, -0.2) is 0 Å². The van der Waals surface area contributed by atoms with Crippen LogP contribution >= 0.6 is 0 Å². The van der Waals surface area contributed by atoms with Crippen LogP contribution in [0.15, 0.2) is 36.7 Å². The summed E-state index contributed by atoms with van der Waals surface area (Å²) < 4.78 is 25.9. The van der Waals surface area contributed by atoms with Gasteiger partial charge < -0.3 is 9.80 Å². The topological polar surface area (TPSA) is 77.9 Å². The highest BCUT2D eigenvalue weighted by atomic mass is 32.2. The Labute approximate surface area is 125 Å². The molecule has 1 N–H and O–H groups in total. The molecule has 1 aliphatic heterocycles. The Bertz CT molecular complexity index is 600. The van der Waals surface area contributed by atoms with E-state index in [9.17, 15) is 13.2 Å². The smallest absolute Gasteiger partial charge is 0.261 e. The van der Waals surface area contributed by atoms with Crippen molar-refractivity contribution in [1.29, 1.82) is 0 Å². The van der Waals surface area contributed by atoms with Crippen LogP contribution in [0.25, 0.3) is 0 Å². The third kappa shape index (κ3) is 7.48. The number of nitrogens with zero attached hydrogens (tertiary/aromatic N) is 2. The average Bonchev–Trinajstić information content (AvgIpc) is 2.73. The Morgan fingerprint density at radius 3 is 2.19 bits per heavy atom. The Morgan fingerprint density at radius 2 is 1.76 bits per heavy atom. The molecule has 0 saturated carbocycles. The molecule has 0 atom stereocenters. The van der Waals surface area contributed by atoms with E-state index in [2.05, 4.69) is 0 Å². The number of rotatable bonds is 3. The Kier molecular flexibility index (Phi) is 5.92. The van der Waals surface area contributed by atoms with Gasteiger partial charge in [0.25, 0.3) is 10.1 Å². The summed E-state index contributed by atoms with van der Waals surface area (Å²) in [6, 6.07) is 7.72. The van der Waals surface area contributed by atoms with E-state index in [-0.39, 0.29) is 5.78 Å². The van der Waals surface area contributed by atoms with Crippen LogP contribution in [0.4, 0.5) is 0 Å². The molecule has 0 spiro atoms. The van der Waals surface area contributed by atoms with Gasteiger partial charge in [0.15, 0.2) is 5.78 Å². The highest BCUT2D eigenvalue weighted by Gasteiger charge is 2.13. The predicted molar refractivity (Wildman–Crippen MR) is 81.5 cm³/mol. The number of benzene rings is 1. The normalized spacial score (nSPS) is 13.9. The van der Waals surface area contributed by atoms with E-state index in [4.69, 9.17) is 4.55 Å². The number of ketones is 1. The Hall–Kier alpha value is -1.86. The van der Waals surface area contributed by atoms with Crippen LogP contribution in [0.1, 0.15) is 15.9 Å². The van der Waals surface area contributed by atoms with Crippen molar-refractivity contribution < 1.29 is 17.8 Å². The molecule has 0 fully saturated rings. The summed E-state index contributed by atoms with van der Waals surface area (Å²) >= 11 is 0. The molecule has 0 aliphatic carbocycles. The molecule has 1 aromatic rings. The minimum atomic E-state index is -3.67. The molecule has 0 saturated heterocycles. The molecule has 1 aromatic carbocycles. The minimum Gasteiger partial charge on any atom is -0.362 e. The minimum absolute atomic E-state index is 0.167. The summed E-state index contributed by atoms with van der Waals surface area (Å²) in [6.45, 7) is 3.26. The number of aryl methyl sites for hydroxylation is 1. The molecule has 0 radical (unpaired) electrons. The van der Waals surface area contributed by atoms with Crippen LogP contribution in [0.2, 0.25) is 0 Å². The lowest BCUT2D eigenvalue weighted by Crippen LogP contribution is -2.27. The molecule has 1 aliphatic rings. The van der Waals surface area contributed by atoms with Gasteiger partial charge >= 0.3 is 0 Å². The molecule has 116 valence electrons. The van der Waals surface area contributed by atoms with Gasteiger partial charge in [-0.3, -0.25) is 9.35 Å². The SMILES string of the molecule is CS(=O)(=O)O.Cc1ccc(C(=O)CN2C=CN(C)C2)cc1. The fraction of sp³-hybridized carbons (Fsp3) is 0.357. The van der Waals surface area contributed by atoms with Crippen molar-refractivity contribution in [3.63, 3.8) is 0 Å². The lowest BCUT2D eigenvalue weighted by atomic mass is 10.1. The molecule has 0 aromatic heterocycles. The van der Waals surface area contributed by atoms with Crippen molar-refractivity contribution in [3.8, 4) is 0 Å².